The summed E-state index contributed by atoms with van der Waals surface area (Å²) in [5.74, 6) is 3.15. The van der Waals surface area contributed by atoms with E-state index < -0.39 is 7.60 Å². The molecule has 1 unspecified atom stereocenters. The van der Waals surface area contributed by atoms with Crippen molar-refractivity contribution in [2.24, 2.45) is 5.92 Å². The SMILES string of the molecule is C[C@H](Cn1cnc2c(N)ncnc21)OCP(=O)(O)OCCSCCCCCCCCCCCCCC1CCCCC1. The van der Waals surface area contributed by atoms with Crippen LogP contribution in [0.2, 0.25) is 0 Å². The number of rotatable bonds is 23. The van der Waals surface area contributed by atoms with Gasteiger partial charge in [0, 0.05) is 5.75 Å². The molecule has 234 valence electrons. The Bertz CT molecular complexity index is 1020. The summed E-state index contributed by atoms with van der Waals surface area (Å²) < 4.78 is 25.0. The minimum atomic E-state index is -3.79. The molecule has 0 aliphatic heterocycles. The highest BCUT2D eigenvalue weighted by Gasteiger charge is 2.21. The molecule has 3 N–H and O–H groups in total. The van der Waals surface area contributed by atoms with Gasteiger partial charge >= 0.3 is 7.60 Å². The van der Waals surface area contributed by atoms with Crippen LogP contribution >= 0.6 is 19.4 Å². The zero-order valence-corrected chi connectivity index (χ0v) is 27.0. The van der Waals surface area contributed by atoms with Gasteiger partial charge in [-0.05, 0) is 25.0 Å². The standard InChI is InChI=1S/C30H54N5O4PS/c1-26(22-35-24-34-28-29(31)32-23-33-30(28)35)38-25-40(36,37)39-19-21-41-20-15-10-8-6-4-2-3-5-7-9-12-16-27-17-13-11-14-18-27/h23-24,26-27H,2-22,25H2,1H3,(H,36,37)(H2,31,32,33)/t26-/m1/s1. The van der Waals surface area contributed by atoms with Gasteiger partial charge in [0.25, 0.3) is 0 Å². The average molecular weight is 612 g/mol. The molecular formula is C30H54N5O4PS. The maximum atomic E-state index is 12.3. The monoisotopic (exact) mass is 611 g/mol. The second-order valence-electron chi connectivity index (χ2n) is 11.7. The lowest BCUT2D eigenvalue weighted by atomic mass is 9.85. The van der Waals surface area contributed by atoms with Crippen LogP contribution in [0, 0.1) is 5.92 Å². The van der Waals surface area contributed by atoms with Crippen molar-refractivity contribution in [2.75, 3.05) is 30.2 Å². The van der Waals surface area contributed by atoms with E-state index in [0.29, 0.717) is 29.3 Å². The number of nitrogens with two attached hydrogens (primary N) is 1. The van der Waals surface area contributed by atoms with E-state index >= 15 is 0 Å². The van der Waals surface area contributed by atoms with E-state index in [1.165, 1.54) is 115 Å². The molecule has 0 saturated heterocycles. The molecule has 0 spiro atoms. The van der Waals surface area contributed by atoms with Crippen LogP contribution in [-0.4, -0.2) is 55.0 Å². The lowest BCUT2D eigenvalue weighted by Gasteiger charge is -2.21. The first-order valence-electron chi connectivity index (χ1n) is 16.0. The first-order chi connectivity index (χ1) is 19.9. The lowest BCUT2D eigenvalue weighted by molar-refractivity contribution is 0.0724. The number of nitrogen functional groups attached to an aromatic ring is 1. The van der Waals surface area contributed by atoms with Gasteiger partial charge in [0.1, 0.15) is 18.2 Å². The molecule has 9 nitrogen and oxygen atoms in total. The van der Waals surface area contributed by atoms with Crippen molar-refractivity contribution in [2.45, 2.75) is 129 Å². The molecule has 1 aliphatic rings. The van der Waals surface area contributed by atoms with E-state index in [2.05, 4.69) is 15.0 Å². The maximum absolute atomic E-state index is 12.3. The Labute approximate surface area is 251 Å². The smallest absolute Gasteiger partial charge is 0.353 e. The highest BCUT2D eigenvalue weighted by molar-refractivity contribution is 7.99. The summed E-state index contributed by atoms with van der Waals surface area (Å²) in [4.78, 5) is 22.5. The Morgan fingerprint density at radius 3 is 2.34 bits per heavy atom. The van der Waals surface area contributed by atoms with Crippen molar-refractivity contribution in [1.29, 1.82) is 0 Å². The number of unbranched alkanes of at least 4 members (excludes halogenated alkanes) is 10. The molecule has 2 aromatic rings. The normalized spacial score (nSPS) is 16.7. The van der Waals surface area contributed by atoms with Crippen molar-refractivity contribution in [3.8, 4) is 0 Å². The van der Waals surface area contributed by atoms with Crippen LogP contribution in [-0.2, 0) is 20.4 Å². The summed E-state index contributed by atoms with van der Waals surface area (Å²) in [6, 6.07) is 0. The van der Waals surface area contributed by atoms with Crippen LogP contribution in [0.1, 0.15) is 116 Å². The van der Waals surface area contributed by atoms with E-state index in [-0.39, 0.29) is 19.1 Å². The van der Waals surface area contributed by atoms with Gasteiger partial charge in [-0.25, -0.2) is 15.0 Å². The van der Waals surface area contributed by atoms with Crippen LogP contribution in [0.15, 0.2) is 12.7 Å². The molecule has 2 heterocycles. The Kier molecular flexibility index (Phi) is 16.6. The fourth-order valence-electron chi connectivity index (χ4n) is 5.67. The quantitative estimate of drug-likeness (QED) is 0.0950. The van der Waals surface area contributed by atoms with Crippen LogP contribution < -0.4 is 5.73 Å². The number of fused-ring (bicyclic) bond motifs is 1. The van der Waals surface area contributed by atoms with Gasteiger partial charge in [0.05, 0.1) is 25.6 Å². The predicted molar refractivity (Wildman–Crippen MR) is 170 cm³/mol. The third-order valence-electron chi connectivity index (χ3n) is 8.05. The van der Waals surface area contributed by atoms with Gasteiger partial charge in [-0.3, -0.25) is 4.57 Å². The lowest BCUT2D eigenvalue weighted by Crippen LogP contribution is -2.17. The van der Waals surface area contributed by atoms with Crippen molar-refractivity contribution in [3.05, 3.63) is 12.7 Å². The summed E-state index contributed by atoms with van der Waals surface area (Å²) >= 11 is 1.78. The van der Waals surface area contributed by atoms with E-state index in [4.69, 9.17) is 15.0 Å². The van der Waals surface area contributed by atoms with Gasteiger partial charge in [0.15, 0.2) is 11.5 Å². The van der Waals surface area contributed by atoms with Gasteiger partial charge < -0.3 is 24.5 Å². The van der Waals surface area contributed by atoms with E-state index in [1.54, 1.807) is 22.7 Å². The Morgan fingerprint density at radius 1 is 0.976 bits per heavy atom. The summed E-state index contributed by atoms with van der Waals surface area (Å²) in [6.07, 6.45) is 26.3. The maximum Gasteiger partial charge on any atom is 0.353 e. The first-order valence-corrected chi connectivity index (χ1v) is 18.9. The second kappa shape index (κ2) is 19.9. The number of hydrogen-bond donors (Lipinski definition) is 2. The molecule has 1 saturated carbocycles. The van der Waals surface area contributed by atoms with Crippen molar-refractivity contribution >= 4 is 36.3 Å². The summed E-state index contributed by atoms with van der Waals surface area (Å²) in [5.41, 5.74) is 6.95. The van der Waals surface area contributed by atoms with Gasteiger partial charge in [-0.15, -0.1) is 0 Å². The minimum absolute atomic E-state index is 0.249. The van der Waals surface area contributed by atoms with Crippen LogP contribution in [0.3, 0.4) is 0 Å². The number of imidazole rings is 1. The summed E-state index contributed by atoms with van der Waals surface area (Å²) in [7, 11) is -3.79. The third kappa shape index (κ3) is 14.2. The molecule has 0 amide bonds. The molecule has 41 heavy (non-hydrogen) atoms. The Balaban J connectivity index is 1.07. The highest BCUT2D eigenvalue weighted by atomic mass is 32.2. The molecule has 3 rings (SSSR count). The van der Waals surface area contributed by atoms with Crippen LogP contribution in [0.5, 0.6) is 0 Å². The largest absolute Gasteiger partial charge is 0.382 e. The van der Waals surface area contributed by atoms with Crippen LogP contribution in [0.25, 0.3) is 11.2 Å². The van der Waals surface area contributed by atoms with Crippen molar-refractivity contribution in [1.82, 2.24) is 19.5 Å². The summed E-state index contributed by atoms with van der Waals surface area (Å²) in [6.45, 7) is 2.49. The third-order valence-corrected chi connectivity index (χ3v) is 10.1. The number of thioether (sulfide) groups is 1. The molecular weight excluding hydrogens is 557 g/mol. The number of hydrogen-bond acceptors (Lipinski definition) is 8. The molecule has 1 fully saturated rings. The van der Waals surface area contributed by atoms with Crippen LogP contribution in [0.4, 0.5) is 5.82 Å². The molecule has 0 radical (unpaired) electrons. The molecule has 1 aliphatic carbocycles. The van der Waals surface area contributed by atoms with E-state index in [1.807, 2.05) is 6.92 Å². The highest BCUT2D eigenvalue weighted by Crippen LogP contribution is 2.42. The fourth-order valence-corrected chi connectivity index (χ4v) is 7.50. The zero-order valence-electron chi connectivity index (χ0n) is 25.3. The molecule has 0 aromatic carbocycles. The Morgan fingerprint density at radius 2 is 1.63 bits per heavy atom. The average Bonchev–Trinajstić information content (AvgIpc) is 3.38. The first kappa shape index (κ1) is 34.3. The minimum Gasteiger partial charge on any atom is -0.382 e. The molecule has 11 heteroatoms. The number of ether oxygens (including phenoxy) is 1. The second-order valence-corrected chi connectivity index (χ2v) is 14.7. The number of aromatic nitrogens is 4. The van der Waals surface area contributed by atoms with Gasteiger partial charge in [0.2, 0.25) is 0 Å². The molecule has 2 aromatic heterocycles. The van der Waals surface area contributed by atoms with E-state index in [9.17, 15) is 9.46 Å². The van der Waals surface area contributed by atoms with Crippen molar-refractivity contribution in [3.63, 3.8) is 0 Å². The number of anilines is 1. The fraction of sp³-hybridized carbons (Fsp3) is 0.833. The topological polar surface area (TPSA) is 125 Å². The van der Waals surface area contributed by atoms with Gasteiger partial charge in [-0.1, -0.05) is 103 Å². The number of nitrogens with zero attached hydrogens (tertiary/aromatic N) is 4. The summed E-state index contributed by atoms with van der Waals surface area (Å²) in [5, 5.41) is 0. The van der Waals surface area contributed by atoms with Crippen molar-refractivity contribution < 1.29 is 18.7 Å². The molecule has 2 atom stereocenters. The molecule has 0 bridgehead atoms. The van der Waals surface area contributed by atoms with E-state index in [0.717, 1.165) is 11.7 Å². The zero-order chi connectivity index (χ0) is 29.2. The Hall–Kier alpha value is -1.19. The predicted octanol–water partition coefficient (Wildman–Crippen LogP) is 7.97. The van der Waals surface area contributed by atoms with Gasteiger partial charge in [-0.2, -0.15) is 11.8 Å².